The van der Waals surface area contributed by atoms with Gasteiger partial charge in [0.2, 0.25) is 5.91 Å². The van der Waals surface area contributed by atoms with Crippen molar-refractivity contribution in [3.05, 3.63) is 36.1 Å². The van der Waals surface area contributed by atoms with E-state index in [2.05, 4.69) is 23.7 Å². The smallest absolute Gasteiger partial charge is 0.326 e. The van der Waals surface area contributed by atoms with Crippen LogP contribution in [0.15, 0.2) is 36.1 Å². The molecule has 2 nitrogen and oxygen atoms in total. The quantitative estimate of drug-likeness (QED) is 0.737. The van der Waals surface area contributed by atoms with Crippen molar-refractivity contribution in [2.24, 2.45) is 11.3 Å². The Balaban J connectivity index is 2.62. The molecule has 1 saturated heterocycles. The van der Waals surface area contributed by atoms with Crippen LogP contribution < -0.4 is 5.32 Å². The predicted octanol–water partition coefficient (Wildman–Crippen LogP) is 3.48. The van der Waals surface area contributed by atoms with Crippen molar-refractivity contribution in [2.45, 2.75) is 32.4 Å². The van der Waals surface area contributed by atoms with E-state index >= 15 is 0 Å². The van der Waals surface area contributed by atoms with E-state index in [-0.39, 0.29) is 17.2 Å². The third-order valence-electron chi connectivity index (χ3n) is 3.57. The SMILES string of the molecule is C=C/C=C1\C(=C/C)NC(=O)CC1(C#CC1CC1)C(F)(F)F. The largest absolute Gasteiger partial charge is 0.409 e. The van der Waals surface area contributed by atoms with Crippen LogP contribution in [0.25, 0.3) is 0 Å². The molecule has 1 aliphatic carbocycles. The zero-order valence-electron chi connectivity index (χ0n) is 11.7. The number of hydrogen-bond acceptors (Lipinski definition) is 1. The molecular weight excluding hydrogens is 279 g/mol. The van der Waals surface area contributed by atoms with E-state index in [0.29, 0.717) is 0 Å². The maximum absolute atomic E-state index is 13.7. The van der Waals surface area contributed by atoms with Crippen molar-refractivity contribution in [3.63, 3.8) is 0 Å². The third kappa shape index (κ3) is 2.90. The van der Waals surface area contributed by atoms with Gasteiger partial charge in [0, 0.05) is 17.2 Å². The fourth-order valence-corrected chi connectivity index (χ4v) is 2.29. The van der Waals surface area contributed by atoms with Gasteiger partial charge >= 0.3 is 6.18 Å². The van der Waals surface area contributed by atoms with E-state index in [1.807, 2.05) is 0 Å². The van der Waals surface area contributed by atoms with E-state index in [1.54, 1.807) is 6.92 Å². The number of hydrogen-bond donors (Lipinski definition) is 1. The minimum atomic E-state index is -4.63. The van der Waals surface area contributed by atoms with Gasteiger partial charge in [-0.05, 0) is 19.8 Å². The summed E-state index contributed by atoms with van der Waals surface area (Å²) in [5.41, 5.74) is -2.35. The van der Waals surface area contributed by atoms with Crippen molar-refractivity contribution in [1.82, 2.24) is 5.32 Å². The number of alkyl halides is 3. The van der Waals surface area contributed by atoms with E-state index in [9.17, 15) is 18.0 Å². The van der Waals surface area contributed by atoms with Crippen LogP contribution in [-0.2, 0) is 4.79 Å². The van der Waals surface area contributed by atoms with Crippen molar-refractivity contribution < 1.29 is 18.0 Å². The highest BCUT2D eigenvalue weighted by molar-refractivity contribution is 5.84. The van der Waals surface area contributed by atoms with Gasteiger partial charge in [0.1, 0.15) is 0 Å². The first-order chi connectivity index (χ1) is 9.84. The molecule has 0 aromatic heterocycles. The molecule has 1 amide bonds. The Hall–Kier alpha value is -1.96. The first-order valence-electron chi connectivity index (χ1n) is 6.73. The Labute approximate surface area is 121 Å². The fraction of sp³-hybridized carbons (Fsp3) is 0.438. The molecule has 0 aromatic rings. The molecule has 0 radical (unpaired) electrons. The van der Waals surface area contributed by atoms with Crippen LogP contribution in [0.5, 0.6) is 0 Å². The average molecular weight is 295 g/mol. The molecule has 0 aromatic carbocycles. The molecular formula is C16H16F3NO. The van der Waals surface area contributed by atoms with Crippen LogP contribution in [0.4, 0.5) is 13.2 Å². The molecule has 2 rings (SSSR count). The number of nitrogens with one attached hydrogen (secondary N) is 1. The molecule has 2 aliphatic rings. The molecule has 5 heteroatoms. The summed E-state index contributed by atoms with van der Waals surface area (Å²) in [5.74, 6) is 4.40. The molecule has 1 atom stereocenters. The van der Waals surface area contributed by atoms with Crippen LogP contribution in [0.1, 0.15) is 26.2 Å². The number of carbonyl (C=O) groups is 1. The van der Waals surface area contributed by atoms with Crippen LogP contribution in [-0.4, -0.2) is 12.1 Å². The molecule has 21 heavy (non-hydrogen) atoms. The Morgan fingerprint density at radius 2 is 2.10 bits per heavy atom. The molecule has 1 aliphatic heterocycles. The maximum atomic E-state index is 13.7. The summed E-state index contributed by atoms with van der Waals surface area (Å²) in [4.78, 5) is 11.7. The van der Waals surface area contributed by atoms with Gasteiger partial charge in [0.05, 0.1) is 6.42 Å². The number of piperidine rings is 1. The van der Waals surface area contributed by atoms with Crippen molar-refractivity contribution >= 4 is 5.91 Å². The summed E-state index contributed by atoms with van der Waals surface area (Å²) < 4.78 is 41.2. The normalized spacial score (nSPS) is 29.8. The molecule has 112 valence electrons. The van der Waals surface area contributed by atoms with E-state index in [4.69, 9.17) is 0 Å². The zero-order chi connectivity index (χ0) is 15.7. The van der Waals surface area contributed by atoms with Gasteiger partial charge in [-0.1, -0.05) is 36.6 Å². The Kier molecular flexibility index (Phi) is 3.99. The lowest BCUT2D eigenvalue weighted by Crippen LogP contribution is -2.49. The van der Waals surface area contributed by atoms with Crippen molar-refractivity contribution in [2.75, 3.05) is 0 Å². The topological polar surface area (TPSA) is 29.1 Å². The lowest BCUT2D eigenvalue weighted by Gasteiger charge is -2.38. The van der Waals surface area contributed by atoms with Gasteiger partial charge in [0.25, 0.3) is 0 Å². The molecule has 1 saturated carbocycles. The van der Waals surface area contributed by atoms with Gasteiger partial charge in [-0.25, -0.2) is 0 Å². The predicted molar refractivity (Wildman–Crippen MR) is 73.8 cm³/mol. The van der Waals surface area contributed by atoms with Gasteiger partial charge in [-0.3, -0.25) is 4.79 Å². The minimum Gasteiger partial charge on any atom is -0.326 e. The van der Waals surface area contributed by atoms with Gasteiger partial charge in [0.15, 0.2) is 5.41 Å². The molecule has 0 spiro atoms. The van der Waals surface area contributed by atoms with Crippen molar-refractivity contribution in [3.8, 4) is 11.8 Å². The maximum Gasteiger partial charge on any atom is 0.409 e. The van der Waals surface area contributed by atoms with Crippen LogP contribution in [0, 0.1) is 23.2 Å². The van der Waals surface area contributed by atoms with Crippen LogP contribution in [0.3, 0.4) is 0 Å². The zero-order valence-corrected chi connectivity index (χ0v) is 11.7. The molecule has 1 heterocycles. The molecule has 1 unspecified atom stereocenters. The van der Waals surface area contributed by atoms with E-state index < -0.39 is 23.9 Å². The molecule has 1 N–H and O–H groups in total. The van der Waals surface area contributed by atoms with Gasteiger partial charge in [-0.2, -0.15) is 13.2 Å². The van der Waals surface area contributed by atoms with Gasteiger partial charge in [-0.15, -0.1) is 0 Å². The Bertz CT molecular complexity index is 585. The number of amides is 1. The highest BCUT2D eigenvalue weighted by atomic mass is 19.4. The second kappa shape index (κ2) is 5.44. The first-order valence-corrected chi connectivity index (χ1v) is 6.73. The summed E-state index contributed by atoms with van der Waals surface area (Å²) in [6.45, 7) is 5.04. The lowest BCUT2D eigenvalue weighted by atomic mass is 9.72. The highest BCUT2D eigenvalue weighted by Gasteiger charge is 2.60. The number of allylic oxidation sites excluding steroid dienone is 4. The Morgan fingerprint density at radius 1 is 1.43 bits per heavy atom. The molecule has 2 fully saturated rings. The summed E-state index contributed by atoms with van der Waals surface area (Å²) in [7, 11) is 0. The van der Waals surface area contributed by atoms with E-state index in [0.717, 1.165) is 12.8 Å². The summed E-state index contributed by atoms with van der Waals surface area (Å²) in [6.07, 6.45) is 0.322. The minimum absolute atomic E-state index is 0.0215. The van der Waals surface area contributed by atoms with E-state index in [1.165, 1.54) is 18.2 Å². The Morgan fingerprint density at radius 3 is 2.57 bits per heavy atom. The lowest BCUT2D eigenvalue weighted by molar-refractivity contribution is -0.194. The second-order valence-electron chi connectivity index (χ2n) is 5.19. The van der Waals surface area contributed by atoms with Crippen LogP contribution >= 0.6 is 0 Å². The standard InChI is InChI=1S/C16H16F3NO/c1-3-5-12-13(4-2)20-14(21)10-15(12,16(17,18)19)9-8-11-6-7-11/h3-5,11H,1,6-7,10H2,2H3,(H,20,21)/b12-5+,13-4+. The number of rotatable bonds is 1. The summed E-state index contributed by atoms with van der Waals surface area (Å²) >= 11 is 0. The third-order valence-corrected chi connectivity index (χ3v) is 3.57. The molecule has 0 bridgehead atoms. The number of halogens is 3. The average Bonchev–Trinajstić information content (AvgIpc) is 3.21. The first kappa shape index (κ1) is 15.4. The van der Waals surface area contributed by atoms with Crippen LogP contribution in [0.2, 0.25) is 0 Å². The fourth-order valence-electron chi connectivity index (χ4n) is 2.29. The highest BCUT2D eigenvalue weighted by Crippen LogP contribution is 2.50. The second-order valence-corrected chi connectivity index (χ2v) is 5.19. The monoisotopic (exact) mass is 295 g/mol. The van der Waals surface area contributed by atoms with Gasteiger partial charge < -0.3 is 5.32 Å². The summed E-state index contributed by atoms with van der Waals surface area (Å²) in [6, 6.07) is 0. The van der Waals surface area contributed by atoms with Crippen molar-refractivity contribution in [1.29, 1.82) is 0 Å². The number of carbonyl (C=O) groups excluding carboxylic acids is 1. The summed E-state index contributed by atoms with van der Waals surface area (Å²) in [5, 5.41) is 2.47.